The Hall–Kier alpha value is -2.37. The lowest BCUT2D eigenvalue weighted by atomic mass is 10.1. The Morgan fingerprint density at radius 2 is 2.21 bits per heavy atom. The average Bonchev–Trinajstić information content (AvgIpc) is 3.14. The summed E-state index contributed by atoms with van der Waals surface area (Å²) in [5.41, 5.74) is 2.20. The number of H-pyrrole nitrogens is 1. The van der Waals surface area contributed by atoms with Gasteiger partial charge in [-0.1, -0.05) is 44.4 Å². The smallest absolute Gasteiger partial charge is 0.191 e. The highest BCUT2D eigenvalue weighted by Crippen LogP contribution is 2.15. The average molecular weight is 328 g/mol. The minimum atomic E-state index is 0.420. The SMILES string of the molecule is CCCCCC(C)NC(=NC)NCc1cccc(-c2ncn[nH]2)c1. The van der Waals surface area contributed by atoms with Gasteiger partial charge in [-0.15, -0.1) is 0 Å². The molecular formula is C18H28N6. The number of guanidine groups is 1. The molecule has 0 amide bonds. The lowest BCUT2D eigenvalue weighted by molar-refractivity contribution is 0.546. The van der Waals surface area contributed by atoms with Crippen LogP contribution >= 0.6 is 0 Å². The van der Waals surface area contributed by atoms with Crippen molar-refractivity contribution in [1.82, 2.24) is 25.8 Å². The summed E-state index contributed by atoms with van der Waals surface area (Å²) in [4.78, 5) is 8.50. The van der Waals surface area contributed by atoms with Crippen molar-refractivity contribution in [2.45, 2.75) is 52.1 Å². The van der Waals surface area contributed by atoms with Gasteiger partial charge < -0.3 is 10.6 Å². The molecule has 0 aliphatic heterocycles. The lowest BCUT2D eigenvalue weighted by Gasteiger charge is -2.18. The largest absolute Gasteiger partial charge is 0.354 e. The zero-order chi connectivity index (χ0) is 17.2. The monoisotopic (exact) mass is 328 g/mol. The molecule has 0 saturated heterocycles. The second-order valence-corrected chi connectivity index (χ2v) is 6.00. The molecule has 0 aliphatic carbocycles. The highest BCUT2D eigenvalue weighted by atomic mass is 15.2. The summed E-state index contributed by atoms with van der Waals surface area (Å²) >= 11 is 0. The van der Waals surface area contributed by atoms with E-state index in [9.17, 15) is 0 Å². The number of aromatic nitrogens is 3. The number of aliphatic imine (C=N–C) groups is 1. The van der Waals surface area contributed by atoms with E-state index in [1.165, 1.54) is 31.2 Å². The van der Waals surface area contributed by atoms with Gasteiger partial charge in [-0.25, -0.2) is 4.98 Å². The van der Waals surface area contributed by atoms with E-state index >= 15 is 0 Å². The number of hydrogen-bond donors (Lipinski definition) is 3. The van der Waals surface area contributed by atoms with Crippen LogP contribution in [0.25, 0.3) is 11.4 Å². The van der Waals surface area contributed by atoms with Crippen LogP contribution in [0.1, 0.15) is 45.1 Å². The summed E-state index contributed by atoms with van der Waals surface area (Å²) in [6, 6.07) is 8.66. The maximum absolute atomic E-state index is 4.31. The van der Waals surface area contributed by atoms with E-state index in [2.05, 4.69) is 56.8 Å². The van der Waals surface area contributed by atoms with Crippen molar-refractivity contribution < 1.29 is 0 Å². The summed E-state index contributed by atoms with van der Waals surface area (Å²) in [5.74, 6) is 1.62. The second kappa shape index (κ2) is 9.70. The van der Waals surface area contributed by atoms with Crippen molar-refractivity contribution in [3.8, 4) is 11.4 Å². The van der Waals surface area contributed by atoms with E-state index in [1.54, 1.807) is 7.05 Å². The molecule has 6 heteroatoms. The van der Waals surface area contributed by atoms with Crippen LogP contribution in [0.4, 0.5) is 0 Å². The van der Waals surface area contributed by atoms with Crippen LogP contribution in [0.2, 0.25) is 0 Å². The molecule has 3 N–H and O–H groups in total. The fourth-order valence-electron chi connectivity index (χ4n) is 2.56. The normalized spacial score (nSPS) is 12.9. The van der Waals surface area contributed by atoms with Crippen LogP contribution in [0.5, 0.6) is 0 Å². The van der Waals surface area contributed by atoms with E-state index in [0.717, 1.165) is 23.8 Å². The maximum Gasteiger partial charge on any atom is 0.191 e. The number of benzene rings is 1. The first-order valence-electron chi connectivity index (χ1n) is 8.64. The number of nitrogens with zero attached hydrogens (tertiary/aromatic N) is 3. The number of aromatic amines is 1. The van der Waals surface area contributed by atoms with Crippen LogP contribution in [0.3, 0.4) is 0 Å². The van der Waals surface area contributed by atoms with Gasteiger partial charge in [0.25, 0.3) is 0 Å². The number of hydrogen-bond acceptors (Lipinski definition) is 3. The van der Waals surface area contributed by atoms with Gasteiger partial charge in [-0.3, -0.25) is 10.1 Å². The van der Waals surface area contributed by atoms with Crippen molar-refractivity contribution in [2.75, 3.05) is 7.05 Å². The van der Waals surface area contributed by atoms with E-state index in [1.807, 2.05) is 12.1 Å². The predicted octanol–water partition coefficient (Wildman–Crippen LogP) is 3.11. The third kappa shape index (κ3) is 5.68. The van der Waals surface area contributed by atoms with E-state index in [-0.39, 0.29) is 0 Å². The summed E-state index contributed by atoms with van der Waals surface area (Å²) < 4.78 is 0. The summed E-state index contributed by atoms with van der Waals surface area (Å²) in [6.07, 6.45) is 6.47. The Morgan fingerprint density at radius 3 is 2.92 bits per heavy atom. The molecule has 24 heavy (non-hydrogen) atoms. The highest BCUT2D eigenvalue weighted by Gasteiger charge is 2.06. The Bertz CT molecular complexity index is 620. The van der Waals surface area contributed by atoms with Crippen LogP contribution in [-0.2, 0) is 6.54 Å². The number of nitrogens with one attached hydrogen (secondary N) is 3. The molecule has 0 bridgehead atoms. The number of unbranched alkanes of at least 4 members (excludes halogenated alkanes) is 2. The van der Waals surface area contributed by atoms with Gasteiger partial charge in [0.2, 0.25) is 0 Å². The van der Waals surface area contributed by atoms with Crippen molar-refractivity contribution in [3.05, 3.63) is 36.2 Å². The van der Waals surface area contributed by atoms with Crippen molar-refractivity contribution >= 4 is 5.96 Å². The molecule has 2 aromatic rings. The number of rotatable bonds is 8. The molecule has 1 heterocycles. The molecule has 1 unspecified atom stereocenters. The minimum absolute atomic E-state index is 0.420. The molecule has 0 spiro atoms. The van der Waals surface area contributed by atoms with Gasteiger partial charge in [0.05, 0.1) is 0 Å². The molecule has 0 saturated carbocycles. The van der Waals surface area contributed by atoms with Gasteiger partial charge in [-0.05, 0) is 25.0 Å². The van der Waals surface area contributed by atoms with Crippen molar-refractivity contribution in [2.24, 2.45) is 4.99 Å². The third-order valence-corrected chi connectivity index (χ3v) is 3.92. The summed E-state index contributed by atoms with van der Waals surface area (Å²) in [5, 5.41) is 13.6. The van der Waals surface area contributed by atoms with Crippen LogP contribution in [-0.4, -0.2) is 34.2 Å². The van der Waals surface area contributed by atoms with Gasteiger partial charge in [0, 0.05) is 25.2 Å². The maximum atomic E-state index is 4.31. The second-order valence-electron chi connectivity index (χ2n) is 6.00. The first-order valence-corrected chi connectivity index (χ1v) is 8.64. The van der Waals surface area contributed by atoms with E-state index < -0.39 is 0 Å². The molecular weight excluding hydrogens is 300 g/mol. The quantitative estimate of drug-likeness (QED) is 0.395. The molecule has 0 fully saturated rings. The standard InChI is InChI=1S/C18H28N6/c1-4-5-6-8-14(2)23-18(19-3)20-12-15-9-7-10-16(11-15)17-21-13-22-24-17/h7,9-11,13-14H,4-6,8,12H2,1-3H3,(H2,19,20,23)(H,21,22,24). The van der Waals surface area contributed by atoms with Crippen LogP contribution in [0.15, 0.2) is 35.6 Å². The Labute approximate surface area is 144 Å². The Kier molecular flexibility index (Phi) is 7.26. The van der Waals surface area contributed by atoms with Gasteiger partial charge >= 0.3 is 0 Å². The topological polar surface area (TPSA) is 78.0 Å². The summed E-state index contributed by atoms with van der Waals surface area (Å²) in [7, 11) is 1.80. The van der Waals surface area contributed by atoms with Crippen molar-refractivity contribution in [3.63, 3.8) is 0 Å². The molecule has 1 aromatic carbocycles. The first-order chi connectivity index (χ1) is 11.7. The molecule has 130 valence electrons. The van der Waals surface area contributed by atoms with Crippen LogP contribution < -0.4 is 10.6 Å². The van der Waals surface area contributed by atoms with Crippen molar-refractivity contribution in [1.29, 1.82) is 0 Å². The highest BCUT2D eigenvalue weighted by molar-refractivity contribution is 5.79. The van der Waals surface area contributed by atoms with Gasteiger partial charge in [-0.2, -0.15) is 5.10 Å². The van der Waals surface area contributed by atoms with Gasteiger partial charge in [0.1, 0.15) is 6.33 Å². The lowest BCUT2D eigenvalue weighted by Crippen LogP contribution is -2.41. The van der Waals surface area contributed by atoms with Gasteiger partial charge in [0.15, 0.2) is 11.8 Å². The molecule has 1 aromatic heterocycles. The summed E-state index contributed by atoms with van der Waals surface area (Å²) in [6.45, 7) is 5.14. The van der Waals surface area contributed by atoms with E-state index in [4.69, 9.17) is 0 Å². The fourth-order valence-corrected chi connectivity index (χ4v) is 2.56. The zero-order valence-electron chi connectivity index (χ0n) is 14.8. The fraction of sp³-hybridized carbons (Fsp3) is 0.500. The molecule has 6 nitrogen and oxygen atoms in total. The Morgan fingerprint density at radius 1 is 1.33 bits per heavy atom. The first kappa shape index (κ1) is 18.0. The zero-order valence-corrected chi connectivity index (χ0v) is 14.8. The van der Waals surface area contributed by atoms with E-state index in [0.29, 0.717) is 12.6 Å². The predicted molar refractivity (Wildman–Crippen MR) is 98.8 cm³/mol. The molecule has 0 radical (unpaired) electrons. The molecule has 1 atom stereocenters. The van der Waals surface area contributed by atoms with Crippen LogP contribution in [0, 0.1) is 0 Å². The Balaban J connectivity index is 1.86. The molecule has 0 aliphatic rings. The molecule has 2 rings (SSSR count). The third-order valence-electron chi connectivity index (χ3n) is 3.92. The minimum Gasteiger partial charge on any atom is -0.354 e.